The SMILES string of the molecule is CCOc1ccc(NC(=O)C[C@H]2C(=O)NCCN2C(=O)CN2CCN(C)CC2)cc1. The number of hydrogen-bond acceptors (Lipinski definition) is 6. The van der Waals surface area contributed by atoms with Gasteiger partial charge in [-0.05, 0) is 38.2 Å². The van der Waals surface area contributed by atoms with E-state index in [0.717, 1.165) is 31.9 Å². The van der Waals surface area contributed by atoms with Crippen molar-refractivity contribution < 1.29 is 19.1 Å². The Hall–Kier alpha value is -2.65. The summed E-state index contributed by atoms with van der Waals surface area (Å²) in [6.07, 6.45) is -0.0759. The monoisotopic (exact) mass is 417 g/mol. The first-order chi connectivity index (χ1) is 14.5. The van der Waals surface area contributed by atoms with E-state index < -0.39 is 6.04 Å². The van der Waals surface area contributed by atoms with E-state index in [1.165, 1.54) is 0 Å². The van der Waals surface area contributed by atoms with Crippen molar-refractivity contribution in [2.45, 2.75) is 19.4 Å². The van der Waals surface area contributed by atoms with Crippen LogP contribution >= 0.6 is 0 Å². The molecule has 2 N–H and O–H groups in total. The van der Waals surface area contributed by atoms with Crippen molar-refractivity contribution in [2.24, 2.45) is 0 Å². The van der Waals surface area contributed by atoms with Crippen molar-refractivity contribution in [1.29, 1.82) is 0 Å². The molecule has 164 valence electrons. The molecule has 0 radical (unpaired) electrons. The Morgan fingerprint density at radius 1 is 1.13 bits per heavy atom. The normalized spacial score (nSPS) is 20.5. The fourth-order valence-electron chi connectivity index (χ4n) is 3.69. The number of nitrogens with zero attached hydrogens (tertiary/aromatic N) is 3. The molecule has 0 aromatic heterocycles. The first kappa shape index (κ1) is 22.0. The summed E-state index contributed by atoms with van der Waals surface area (Å²) < 4.78 is 5.39. The number of nitrogens with one attached hydrogen (secondary N) is 2. The van der Waals surface area contributed by atoms with E-state index in [-0.39, 0.29) is 30.7 Å². The number of piperazine rings is 2. The first-order valence-electron chi connectivity index (χ1n) is 10.5. The number of carbonyl (C=O) groups excluding carboxylic acids is 3. The van der Waals surface area contributed by atoms with E-state index in [9.17, 15) is 14.4 Å². The lowest BCUT2D eigenvalue weighted by atomic mass is 10.1. The Morgan fingerprint density at radius 2 is 1.83 bits per heavy atom. The quantitative estimate of drug-likeness (QED) is 0.648. The average Bonchev–Trinajstić information content (AvgIpc) is 2.73. The topological polar surface area (TPSA) is 94.2 Å². The summed E-state index contributed by atoms with van der Waals surface area (Å²) >= 11 is 0. The first-order valence-corrected chi connectivity index (χ1v) is 10.5. The molecular weight excluding hydrogens is 386 g/mol. The second-order valence-corrected chi connectivity index (χ2v) is 7.68. The molecule has 0 unspecified atom stereocenters. The van der Waals surface area contributed by atoms with E-state index in [1.54, 1.807) is 29.2 Å². The van der Waals surface area contributed by atoms with Gasteiger partial charge >= 0.3 is 0 Å². The maximum Gasteiger partial charge on any atom is 0.243 e. The molecule has 0 saturated carbocycles. The molecule has 0 aliphatic carbocycles. The summed E-state index contributed by atoms with van der Waals surface area (Å²) in [5.41, 5.74) is 0.620. The van der Waals surface area contributed by atoms with Crippen LogP contribution in [0.5, 0.6) is 5.75 Å². The largest absolute Gasteiger partial charge is 0.494 e. The van der Waals surface area contributed by atoms with Crippen molar-refractivity contribution >= 4 is 23.4 Å². The maximum atomic E-state index is 12.9. The van der Waals surface area contributed by atoms with Gasteiger partial charge in [-0.15, -0.1) is 0 Å². The van der Waals surface area contributed by atoms with Gasteiger partial charge < -0.3 is 25.2 Å². The third-order valence-electron chi connectivity index (χ3n) is 5.43. The molecule has 2 saturated heterocycles. The Balaban J connectivity index is 1.57. The molecule has 3 amide bonds. The fourth-order valence-corrected chi connectivity index (χ4v) is 3.69. The molecule has 1 aromatic rings. The van der Waals surface area contributed by atoms with Crippen molar-refractivity contribution in [3.05, 3.63) is 24.3 Å². The van der Waals surface area contributed by atoms with Gasteiger partial charge in [0.25, 0.3) is 0 Å². The molecule has 9 heteroatoms. The van der Waals surface area contributed by atoms with Crippen molar-refractivity contribution in [3.8, 4) is 5.75 Å². The van der Waals surface area contributed by atoms with Crippen molar-refractivity contribution in [1.82, 2.24) is 20.0 Å². The predicted octanol–water partition coefficient (Wildman–Crippen LogP) is -0.0117. The van der Waals surface area contributed by atoms with Crippen LogP contribution in [0.3, 0.4) is 0 Å². The number of likely N-dealkylation sites (N-methyl/N-ethyl adjacent to an activating group) is 1. The number of rotatable bonds is 7. The van der Waals surface area contributed by atoms with Gasteiger partial charge in [0.2, 0.25) is 17.7 Å². The maximum absolute atomic E-state index is 12.9. The van der Waals surface area contributed by atoms with Gasteiger partial charge in [-0.1, -0.05) is 0 Å². The van der Waals surface area contributed by atoms with Crippen molar-refractivity contribution in [3.63, 3.8) is 0 Å². The van der Waals surface area contributed by atoms with Crippen molar-refractivity contribution in [2.75, 3.05) is 64.8 Å². The highest BCUT2D eigenvalue weighted by atomic mass is 16.5. The molecule has 2 aliphatic rings. The zero-order valence-corrected chi connectivity index (χ0v) is 17.7. The number of anilines is 1. The lowest BCUT2D eigenvalue weighted by Gasteiger charge is -2.37. The standard InChI is InChI=1S/C21H31N5O4/c1-3-30-17-6-4-16(5-7-17)23-19(27)14-18-21(29)22-8-9-26(18)20(28)15-25-12-10-24(2)11-13-25/h4-7,18H,3,8-15H2,1-2H3,(H,22,29)(H,23,27)/t18-/m0/s1. The Bertz CT molecular complexity index is 746. The van der Waals surface area contributed by atoms with Crippen LogP contribution in [0.1, 0.15) is 13.3 Å². The minimum absolute atomic E-state index is 0.0759. The predicted molar refractivity (Wildman–Crippen MR) is 113 cm³/mol. The summed E-state index contributed by atoms with van der Waals surface area (Å²) in [5, 5.41) is 5.56. The summed E-state index contributed by atoms with van der Waals surface area (Å²) in [7, 11) is 2.06. The molecule has 9 nitrogen and oxygen atoms in total. The molecule has 1 aromatic carbocycles. The number of benzene rings is 1. The van der Waals surface area contributed by atoms with E-state index in [0.29, 0.717) is 25.4 Å². The van der Waals surface area contributed by atoms with Gasteiger partial charge in [0.15, 0.2) is 0 Å². The van der Waals surface area contributed by atoms with Gasteiger partial charge in [0, 0.05) is 45.0 Å². The highest BCUT2D eigenvalue weighted by Crippen LogP contribution is 2.17. The van der Waals surface area contributed by atoms with Crippen LogP contribution in [0.2, 0.25) is 0 Å². The molecule has 30 heavy (non-hydrogen) atoms. The van der Waals surface area contributed by atoms with Crippen LogP contribution in [-0.2, 0) is 14.4 Å². The van der Waals surface area contributed by atoms with Gasteiger partial charge in [0.1, 0.15) is 11.8 Å². The van der Waals surface area contributed by atoms with Crippen LogP contribution in [0.15, 0.2) is 24.3 Å². The van der Waals surface area contributed by atoms with Crippen LogP contribution in [0.25, 0.3) is 0 Å². The lowest BCUT2D eigenvalue weighted by molar-refractivity contribution is -0.145. The minimum Gasteiger partial charge on any atom is -0.494 e. The fraction of sp³-hybridized carbons (Fsp3) is 0.571. The lowest BCUT2D eigenvalue weighted by Crippen LogP contribution is -2.60. The van der Waals surface area contributed by atoms with Gasteiger partial charge in [-0.3, -0.25) is 19.3 Å². The average molecular weight is 418 g/mol. The molecule has 3 rings (SSSR count). The zero-order valence-electron chi connectivity index (χ0n) is 17.7. The Labute approximate surface area is 177 Å². The van der Waals surface area contributed by atoms with Crippen LogP contribution < -0.4 is 15.4 Å². The highest BCUT2D eigenvalue weighted by molar-refractivity contribution is 5.97. The molecule has 0 bridgehead atoms. The Kier molecular flexibility index (Phi) is 7.64. The van der Waals surface area contributed by atoms with E-state index in [1.807, 2.05) is 6.92 Å². The van der Waals surface area contributed by atoms with Crippen LogP contribution in [0.4, 0.5) is 5.69 Å². The minimum atomic E-state index is -0.790. The smallest absolute Gasteiger partial charge is 0.243 e. The van der Waals surface area contributed by atoms with E-state index in [2.05, 4.69) is 27.5 Å². The summed E-state index contributed by atoms with van der Waals surface area (Å²) in [5.74, 6) is 0.0320. The van der Waals surface area contributed by atoms with Crippen LogP contribution in [-0.4, -0.2) is 97.9 Å². The number of hydrogen-bond donors (Lipinski definition) is 2. The highest BCUT2D eigenvalue weighted by Gasteiger charge is 2.35. The summed E-state index contributed by atoms with van der Waals surface area (Å²) in [4.78, 5) is 43.7. The third kappa shape index (κ3) is 5.93. The number of amides is 3. The van der Waals surface area contributed by atoms with Gasteiger partial charge in [0.05, 0.1) is 19.6 Å². The second-order valence-electron chi connectivity index (χ2n) is 7.68. The molecule has 2 aliphatic heterocycles. The number of carbonyl (C=O) groups is 3. The van der Waals surface area contributed by atoms with E-state index in [4.69, 9.17) is 4.74 Å². The molecule has 2 fully saturated rings. The molecular formula is C21H31N5O4. The van der Waals surface area contributed by atoms with Gasteiger partial charge in [-0.2, -0.15) is 0 Å². The second kappa shape index (κ2) is 10.4. The number of ether oxygens (including phenoxy) is 1. The summed E-state index contributed by atoms with van der Waals surface area (Å²) in [6, 6.07) is 6.26. The summed E-state index contributed by atoms with van der Waals surface area (Å²) in [6.45, 7) is 7.06. The van der Waals surface area contributed by atoms with Gasteiger partial charge in [-0.25, -0.2) is 0 Å². The molecule has 2 heterocycles. The van der Waals surface area contributed by atoms with Crippen LogP contribution in [0, 0.1) is 0 Å². The molecule has 0 spiro atoms. The Morgan fingerprint density at radius 3 is 2.50 bits per heavy atom. The zero-order chi connectivity index (χ0) is 21.5. The third-order valence-corrected chi connectivity index (χ3v) is 5.43. The molecule has 1 atom stereocenters. The van der Waals surface area contributed by atoms with E-state index >= 15 is 0 Å².